The minimum atomic E-state index is -3.28. The number of carbonyl (C=O) groups is 1. The fourth-order valence-electron chi connectivity index (χ4n) is 2.38. The molecule has 0 aliphatic carbocycles. The molecule has 1 atom stereocenters. The van der Waals surface area contributed by atoms with E-state index in [1.54, 1.807) is 4.90 Å². The summed E-state index contributed by atoms with van der Waals surface area (Å²) in [5.41, 5.74) is 0. The molecule has 2 aliphatic heterocycles. The lowest BCUT2D eigenvalue weighted by Gasteiger charge is -2.31. The average Bonchev–Trinajstić information content (AvgIpc) is 2.78. The van der Waals surface area contributed by atoms with Crippen LogP contribution in [0.1, 0.15) is 12.8 Å². The maximum Gasteiger partial charge on any atom is 0.241 e. The number of amides is 1. The number of hydrogen-bond donors (Lipinski definition) is 0. The molecule has 0 unspecified atom stereocenters. The van der Waals surface area contributed by atoms with Crippen LogP contribution in [0.5, 0.6) is 0 Å². The SMILES string of the molecule is CS(=O)(=O)N1CCC[C@H]1C(=O)N1CCOCC1. The van der Waals surface area contributed by atoms with Crippen LogP contribution in [-0.4, -0.2) is 68.7 Å². The minimum Gasteiger partial charge on any atom is -0.378 e. The summed E-state index contributed by atoms with van der Waals surface area (Å²) in [6.07, 6.45) is 2.55. The van der Waals surface area contributed by atoms with Gasteiger partial charge in [0.05, 0.1) is 19.5 Å². The predicted molar refractivity (Wildman–Crippen MR) is 62.0 cm³/mol. The van der Waals surface area contributed by atoms with Gasteiger partial charge in [0.1, 0.15) is 6.04 Å². The highest BCUT2D eigenvalue weighted by atomic mass is 32.2. The molecule has 6 nitrogen and oxygen atoms in total. The molecule has 0 spiro atoms. The summed E-state index contributed by atoms with van der Waals surface area (Å²) in [6, 6.07) is -0.497. The Bertz CT molecular complexity index is 389. The lowest BCUT2D eigenvalue weighted by Crippen LogP contribution is -2.50. The Morgan fingerprint density at radius 3 is 2.47 bits per heavy atom. The second kappa shape index (κ2) is 4.91. The van der Waals surface area contributed by atoms with Gasteiger partial charge in [-0.2, -0.15) is 4.31 Å². The molecule has 2 fully saturated rings. The van der Waals surface area contributed by atoms with Crippen molar-refractivity contribution in [2.75, 3.05) is 39.1 Å². The summed E-state index contributed by atoms with van der Waals surface area (Å²) < 4.78 is 29.6. The van der Waals surface area contributed by atoms with Gasteiger partial charge in [-0.05, 0) is 12.8 Å². The van der Waals surface area contributed by atoms with Gasteiger partial charge in [-0.1, -0.05) is 0 Å². The number of ether oxygens (including phenoxy) is 1. The Kier molecular flexibility index (Phi) is 3.70. The van der Waals surface area contributed by atoms with Gasteiger partial charge in [0, 0.05) is 19.6 Å². The first-order valence-corrected chi connectivity index (χ1v) is 7.68. The lowest BCUT2D eigenvalue weighted by molar-refractivity contribution is -0.138. The van der Waals surface area contributed by atoms with Crippen molar-refractivity contribution in [1.29, 1.82) is 0 Å². The highest BCUT2D eigenvalue weighted by Gasteiger charge is 2.38. The first kappa shape index (κ1) is 12.8. The summed E-state index contributed by atoms with van der Waals surface area (Å²) in [6.45, 7) is 2.66. The number of sulfonamides is 1. The maximum atomic E-state index is 12.2. The average molecular weight is 262 g/mol. The van der Waals surface area contributed by atoms with Gasteiger partial charge < -0.3 is 9.64 Å². The number of hydrogen-bond acceptors (Lipinski definition) is 4. The Balaban J connectivity index is 2.07. The van der Waals surface area contributed by atoms with Crippen molar-refractivity contribution in [1.82, 2.24) is 9.21 Å². The van der Waals surface area contributed by atoms with Gasteiger partial charge in [-0.15, -0.1) is 0 Å². The molecule has 0 aromatic heterocycles. The van der Waals surface area contributed by atoms with Crippen molar-refractivity contribution in [3.63, 3.8) is 0 Å². The molecule has 0 aromatic rings. The first-order chi connectivity index (χ1) is 8.00. The van der Waals surface area contributed by atoms with Crippen LogP contribution in [0.2, 0.25) is 0 Å². The van der Waals surface area contributed by atoms with Crippen molar-refractivity contribution >= 4 is 15.9 Å². The fourth-order valence-corrected chi connectivity index (χ4v) is 3.50. The van der Waals surface area contributed by atoms with E-state index in [9.17, 15) is 13.2 Å². The Morgan fingerprint density at radius 2 is 1.88 bits per heavy atom. The summed E-state index contributed by atoms with van der Waals surface area (Å²) >= 11 is 0. The van der Waals surface area contributed by atoms with Gasteiger partial charge in [0.25, 0.3) is 0 Å². The molecule has 0 aromatic carbocycles. The molecule has 7 heteroatoms. The van der Waals surface area contributed by atoms with Gasteiger partial charge >= 0.3 is 0 Å². The smallest absolute Gasteiger partial charge is 0.241 e. The van der Waals surface area contributed by atoms with Crippen LogP contribution in [0.3, 0.4) is 0 Å². The van der Waals surface area contributed by atoms with Gasteiger partial charge in [-0.3, -0.25) is 4.79 Å². The van der Waals surface area contributed by atoms with Crippen molar-refractivity contribution in [3.8, 4) is 0 Å². The van der Waals surface area contributed by atoms with Gasteiger partial charge in [0.2, 0.25) is 15.9 Å². The van der Waals surface area contributed by atoms with Crippen LogP contribution < -0.4 is 0 Å². The molecule has 2 aliphatic rings. The van der Waals surface area contributed by atoms with E-state index in [0.29, 0.717) is 39.3 Å². The van der Waals surface area contributed by atoms with Crippen LogP contribution in [0.15, 0.2) is 0 Å². The standard InChI is InChI=1S/C10H18N2O4S/c1-17(14,15)12-4-2-3-9(12)10(13)11-5-7-16-8-6-11/h9H,2-8H2,1H3/t9-/m0/s1. The predicted octanol–water partition coefficient (Wildman–Crippen LogP) is -0.731. The molecule has 0 radical (unpaired) electrons. The number of rotatable bonds is 2. The van der Waals surface area contributed by atoms with E-state index in [0.717, 1.165) is 12.7 Å². The van der Waals surface area contributed by atoms with Gasteiger partial charge in [0.15, 0.2) is 0 Å². The molecule has 2 rings (SSSR count). The van der Waals surface area contributed by atoms with E-state index in [-0.39, 0.29) is 5.91 Å². The normalized spacial score (nSPS) is 27.4. The lowest BCUT2D eigenvalue weighted by atomic mass is 10.2. The maximum absolute atomic E-state index is 12.2. The van der Waals surface area contributed by atoms with Crippen molar-refractivity contribution in [2.45, 2.75) is 18.9 Å². The van der Waals surface area contributed by atoms with E-state index in [2.05, 4.69) is 0 Å². The highest BCUT2D eigenvalue weighted by Crippen LogP contribution is 2.22. The Hall–Kier alpha value is -0.660. The summed E-state index contributed by atoms with van der Waals surface area (Å²) in [5.74, 6) is -0.0729. The third-order valence-corrected chi connectivity index (χ3v) is 4.53. The number of carbonyl (C=O) groups excluding carboxylic acids is 1. The largest absolute Gasteiger partial charge is 0.378 e. The summed E-state index contributed by atoms with van der Waals surface area (Å²) in [7, 11) is -3.28. The summed E-state index contributed by atoms with van der Waals surface area (Å²) in [5, 5.41) is 0. The first-order valence-electron chi connectivity index (χ1n) is 5.83. The molecule has 0 bridgehead atoms. The number of nitrogens with zero attached hydrogens (tertiary/aromatic N) is 2. The van der Waals surface area contributed by atoms with Crippen LogP contribution in [0.4, 0.5) is 0 Å². The third kappa shape index (κ3) is 2.78. The topological polar surface area (TPSA) is 66.9 Å². The number of morpholine rings is 1. The third-order valence-electron chi connectivity index (χ3n) is 3.24. The monoisotopic (exact) mass is 262 g/mol. The van der Waals surface area contributed by atoms with Crippen molar-refractivity contribution in [3.05, 3.63) is 0 Å². The quantitative estimate of drug-likeness (QED) is 0.658. The van der Waals surface area contributed by atoms with E-state index >= 15 is 0 Å². The van der Waals surface area contributed by atoms with E-state index in [1.807, 2.05) is 0 Å². The highest BCUT2D eigenvalue weighted by molar-refractivity contribution is 7.88. The minimum absolute atomic E-state index is 0.0729. The van der Waals surface area contributed by atoms with Crippen molar-refractivity contribution in [2.24, 2.45) is 0 Å². The van der Waals surface area contributed by atoms with E-state index in [4.69, 9.17) is 4.74 Å². The van der Waals surface area contributed by atoms with E-state index in [1.165, 1.54) is 4.31 Å². The molecule has 2 heterocycles. The van der Waals surface area contributed by atoms with E-state index < -0.39 is 16.1 Å². The molecule has 0 saturated carbocycles. The molecular weight excluding hydrogens is 244 g/mol. The zero-order chi connectivity index (χ0) is 12.5. The second-order valence-corrected chi connectivity index (χ2v) is 6.40. The van der Waals surface area contributed by atoms with Crippen LogP contribution in [0.25, 0.3) is 0 Å². The Morgan fingerprint density at radius 1 is 1.24 bits per heavy atom. The fraction of sp³-hybridized carbons (Fsp3) is 0.900. The van der Waals surface area contributed by atoms with Gasteiger partial charge in [-0.25, -0.2) is 8.42 Å². The van der Waals surface area contributed by atoms with Crippen LogP contribution in [0, 0.1) is 0 Å². The molecule has 2 saturated heterocycles. The molecular formula is C10H18N2O4S. The van der Waals surface area contributed by atoms with Crippen LogP contribution >= 0.6 is 0 Å². The molecule has 17 heavy (non-hydrogen) atoms. The molecule has 98 valence electrons. The summed E-state index contributed by atoms with van der Waals surface area (Å²) in [4.78, 5) is 13.9. The molecule has 1 amide bonds. The van der Waals surface area contributed by atoms with Crippen LogP contribution in [-0.2, 0) is 19.6 Å². The second-order valence-electron chi connectivity index (χ2n) is 4.47. The zero-order valence-electron chi connectivity index (χ0n) is 9.96. The van der Waals surface area contributed by atoms with Crippen molar-refractivity contribution < 1.29 is 17.9 Å². The zero-order valence-corrected chi connectivity index (χ0v) is 10.8. The Labute approximate surface area is 102 Å². The molecule has 0 N–H and O–H groups in total.